The van der Waals surface area contributed by atoms with E-state index in [1.54, 1.807) is 17.3 Å². The zero-order valence-corrected chi connectivity index (χ0v) is 14.4. The number of aryl methyl sites for hydroxylation is 1. The number of carbonyl (C=O) groups is 1. The van der Waals surface area contributed by atoms with Gasteiger partial charge in [-0.2, -0.15) is 0 Å². The molecule has 0 saturated carbocycles. The van der Waals surface area contributed by atoms with E-state index in [-0.39, 0.29) is 12.6 Å². The van der Waals surface area contributed by atoms with Gasteiger partial charge in [0.2, 0.25) is 0 Å². The standard InChI is InChI=1S/C18H24N4O2/c1-13-6-7-16(18(23)22(12-19)10-9-20-3)14(2)17(13)24-15-5-4-8-21-11-15/h4-8,11,20H,9-10,12,19H2,1-3H3. The third-order valence-corrected chi connectivity index (χ3v) is 3.83. The summed E-state index contributed by atoms with van der Waals surface area (Å²) < 4.78 is 5.95. The summed E-state index contributed by atoms with van der Waals surface area (Å²) in [5.74, 6) is 1.22. The minimum atomic E-state index is -0.0960. The smallest absolute Gasteiger partial charge is 0.255 e. The van der Waals surface area contributed by atoms with Crippen molar-refractivity contribution < 1.29 is 9.53 Å². The van der Waals surface area contributed by atoms with Gasteiger partial charge >= 0.3 is 0 Å². The fourth-order valence-corrected chi connectivity index (χ4v) is 2.43. The highest BCUT2D eigenvalue weighted by atomic mass is 16.5. The number of hydrogen-bond donors (Lipinski definition) is 2. The van der Waals surface area contributed by atoms with Crippen LogP contribution in [0.25, 0.3) is 0 Å². The zero-order valence-electron chi connectivity index (χ0n) is 14.4. The van der Waals surface area contributed by atoms with Crippen LogP contribution in [0.4, 0.5) is 0 Å². The molecular formula is C18H24N4O2. The Morgan fingerprint density at radius 3 is 2.75 bits per heavy atom. The minimum absolute atomic E-state index is 0.0960. The van der Waals surface area contributed by atoms with E-state index in [0.717, 1.165) is 11.1 Å². The first kappa shape index (κ1) is 17.9. The highest BCUT2D eigenvalue weighted by Crippen LogP contribution is 2.31. The summed E-state index contributed by atoms with van der Waals surface area (Å²) in [6.45, 7) is 5.25. The summed E-state index contributed by atoms with van der Waals surface area (Å²) in [6, 6.07) is 7.35. The lowest BCUT2D eigenvalue weighted by Gasteiger charge is -2.22. The number of hydrogen-bond acceptors (Lipinski definition) is 5. The van der Waals surface area contributed by atoms with Crippen LogP contribution in [0.1, 0.15) is 21.5 Å². The molecule has 24 heavy (non-hydrogen) atoms. The van der Waals surface area contributed by atoms with Crippen molar-refractivity contribution in [2.75, 3.05) is 26.8 Å². The van der Waals surface area contributed by atoms with E-state index in [9.17, 15) is 4.79 Å². The van der Waals surface area contributed by atoms with E-state index in [1.165, 1.54) is 0 Å². The molecule has 0 aliphatic carbocycles. The average molecular weight is 328 g/mol. The number of nitrogens with zero attached hydrogens (tertiary/aromatic N) is 2. The molecule has 0 saturated heterocycles. The number of benzene rings is 1. The van der Waals surface area contributed by atoms with Gasteiger partial charge in [-0.15, -0.1) is 0 Å². The van der Waals surface area contributed by atoms with Gasteiger partial charge in [-0.05, 0) is 44.7 Å². The van der Waals surface area contributed by atoms with Crippen LogP contribution in [0.15, 0.2) is 36.7 Å². The van der Waals surface area contributed by atoms with Crippen molar-refractivity contribution in [2.45, 2.75) is 13.8 Å². The third-order valence-electron chi connectivity index (χ3n) is 3.83. The second-order valence-corrected chi connectivity index (χ2v) is 5.53. The van der Waals surface area contributed by atoms with Crippen molar-refractivity contribution in [3.05, 3.63) is 53.3 Å². The Balaban J connectivity index is 2.32. The molecule has 6 nitrogen and oxygen atoms in total. The van der Waals surface area contributed by atoms with Crippen molar-refractivity contribution in [1.29, 1.82) is 0 Å². The Bertz CT molecular complexity index is 689. The van der Waals surface area contributed by atoms with Gasteiger partial charge in [0.25, 0.3) is 5.91 Å². The quantitative estimate of drug-likeness (QED) is 0.761. The van der Waals surface area contributed by atoms with Crippen LogP contribution in [-0.4, -0.2) is 42.6 Å². The van der Waals surface area contributed by atoms with Crippen LogP contribution in [0.3, 0.4) is 0 Å². The van der Waals surface area contributed by atoms with Gasteiger partial charge in [0.05, 0.1) is 12.9 Å². The number of rotatable bonds is 7. The number of nitrogens with two attached hydrogens (primary N) is 1. The minimum Gasteiger partial charge on any atom is -0.455 e. The number of nitrogens with one attached hydrogen (secondary N) is 1. The SMILES string of the molecule is CNCCN(CN)C(=O)c1ccc(C)c(Oc2cccnc2)c1C. The van der Waals surface area contributed by atoms with Crippen LogP contribution in [0, 0.1) is 13.8 Å². The van der Waals surface area contributed by atoms with Gasteiger partial charge in [-0.25, -0.2) is 0 Å². The van der Waals surface area contributed by atoms with Gasteiger partial charge in [0.15, 0.2) is 0 Å². The molecule has 0 bridgehead atoms. The molecule has 1 aromatic heterocycles. The van der Waals surface area contributed by atoms with E-state index in [4.69, 9.17) is 10.5 Å². The Hall–Kier alpha value is -2.44. The van der Waals surface area contributed by atoms with Gasteiger partial charge in [0, 0.05) is 30.4 Å². The van der Waals surface area contributed by atoms with Crippen LogP contribution < -0.4 is 15.8 Å². The Morgan fingerprint density at radius 1 is 1.33 bits per heavy atom. The molecule has 0 aliphatic heterocycles. The van der Waals surface area contributed by atoms with Crippen LogP contribution in [0.5, 0.6) is 11.5 Å². The Kier molecular flexibility index (Phi) is 6.28. The topological polar surface area (TPSA) is 80.5 Å². The summed E-state index contributed by atoms with van der Waals surface area (Å²) in [6.07, 6.45) is 3.33. The summed E-state index contributed by atoms with van der Waals surface area (Å²) in [5, 5.41) is 3.03. The number of ether oxygens (including phenoxy) is 1. The highest BCUT2D eigenvalue weighted by molar-refractivity contribution is 5.96. The normalized spacial score (nSPS) is 10.5. The largest absolute Gasteiger partial charge is 0.455 e. The summed E-state index contributed by atoms with van der Waals surface area (Å²) in [5.41, 5.74) is 8.09. The fraction of sp³-hybridized carbons (Fsp3) is 0.333. The number of carbonyl (C=O) groups excluding carboxylic acids is 1. The highest BCUT2D eigenvalue weighted by Gasteiger charge is 2.19. The number of amides is 1. The lowest BCUT2D eigenvalue weighted by Crippen LogP contribution is -2.40. The second-order valence-electron chi connectivity index (χ2n) is 5.53. The summed E-state index contributed by atoms with van der Waals surface area (Å²) >= 11 is 0. The van der Waals surface area contributed by atoms with Gasteiger partial charge in [-0.3, -0.25) is 9.78 Å². The molecule has 3 N–H and O–H groups in total. The molecule has 0 aliphatic rings. The van der Waals surface area contributed by atoms with Crippen molar-refractivity contribution >= 4 is 5.91 Å². The molecule has 2 aromatic rings. The van der Waals surface area contributed by atoms with Crippen molar-refractivity contribution in [3.8, 4) is 11.5 Å². The number of pyridine rings is 1. The molecule has 2 rings (SSSR count). The molecule has 0 unspecified atom stereocenters. The lowest BCUT2D eigenvalue weighted by atomic mass is 10.0. The second kappa shape index (κ2) is 8.42. The molecule has 0 spiro atoms. The molecule has 0 atom stereocenters. The van der Waals surface area contributed by atoms with Crippen LogP contribution in [0.2, 0.25) is 0 Å². The van der Waals surface area contributed by atoms with Crippen LogP contribution >= 0.6 is 0 Å². The van der Waals surface area contributed by atoms with E-state index < -0.39 is 0 Å². The maximum absolute atomic E-state index is 12.8. The number of likely N-dealkylation sites (N-methyl/N-ethyl adjacent to an activating group) is 1. The Labute approximate surface area is 142 Å². The maximum Gasteiger partial charge on any atom is 0.255 e. The first-order valence-corrected chi connectivity index (χ1v) is 7.90. The predicted octanol–water partition coefficient (Wildman–Crippen LogP) is 2.07. The molecule has 128 valence electrons. The molecule has 1 aromatic carbocycles. The molecule has 0 radical (unpaired) electrons. The number of aromatic nitrogens is 1. The van der Waals surface area contributed by atoms with Crippen LogP contribution in [-0.2, 0) is 0 Å². The lowest BCUT2D eigenvalue weighted by molar-refractivity contribution is 0.0761. The van der Waals surface area contributed by atoms with Crippen molar-refractivity contribution in [1.82, 2.24) is 15.2 Å². The summed E-state index contributed by atoms with van der Waals surface area (Å²) in [7, 11) is 1.84. The fourth-order valence-electron chi connectivity index (χ4n) is 2.43. The Morgan fingerprint density at radius 2 is 2.12 bits per heavy atom. The van der Waals surface area contributed by atoms with E-state index in [1.807, 2.05) is 45.2 Å². The van der Waals surface area contributed by atoms with E-state index >= 15 is 0 Å². The van der Waals surface area contributed by atoms with Gasteiger partial charge in [0.1, 0.15) is 11.5 Å². The maximum atomic E-state index is 12.8. The molecule has 0 fully saturated rings. The third kappa shape index (κ3) is 4.10. The molecule has 1 amide bonds. The first-order chi connectivity index (χ1) is 11.6. The summed E-state index contributed by atoms with van der Waals surface area (Å²) in [4.78, 5) is 18.4. The predicted molar refractivity (Wildman–Crippen MR) is 94.2 cm³/mol. The van der Waals surface area contributed by atoms with E-state index in [0.29, 0.717) is 30.2 Å². The average Bonchev–Trinajstić information content (AvgIpc) is 2.60. The monoisotopic (exact) mass is 328 g/mol. The molecule has 6 heteroatoms. The van der Waals surface area contributed by atoms with Crippen molar-refractivity contribution in [2.24, 2.45) is 5.73 Å². The molecule has 1 heterocycles. The van der Waals surface area contributed by atoms with Gasteiger partial charge in [-0.1, -0.05) is 6.07 Å². The first-order valence-electron chi connectivity index (χ1n) is 7.90. The molecular weight excluding hydrogens is 304 g/mol. The van der Waals surface area contributed by atoms with Crippen molar-refractivity contribution in [3.63, 3.8) is 0 Å². The zero-order chi connectivity index (χ0) is 17.5. The van der Waals surface area contributed by atoms with Gasteiger partial charge < -0.3 is 20.7 Å². The van der Waals surface area contributed by atoms with E-state index in [2.05, 4.69) is 10.3 Å².